The minimum atomic E-state index is -0.408. The lowest BCUT2D eigenvalue weighted by Crippen LogP contribution is -2.25. The van der Waals surface area contributed by atoms with Crippen LogP contribution in [0.4, 0.5) is 15.8 Å². The third-order valence-electron chi connectivity index (χ3n) is 2.40. The van der Waals surface area contributed by atoms with Gasteiger partial charge in [0.15, 0.2) is 0 Å². The van der Waals surface area contributed by atoms with Crippen molar-refractivity contribution in [3.8, 4) is 0 Å². The number of hydrogen-bond donors (Lipinski definition) is 1. The number of nitrogen functional groups attached to an aromatic ring is 1. The van der Waals surface area contributed by atoms with Crippen molar-refractivity contribution in [3.63, 3.8) is 0 Å². The Bertz CT molecular complexity index is 399. The van der Waals surface area contributed by atoms with Gasteiger partial charge in [-0.1, -0.05) is 0 Å². The summed E-state index contributed by atoms with van der Waals surface area (Å²) in [6, 6.07) is 2.54. The van der Waals surface area contributed by atoms with E-state index in [-0.39, 0.29) is 11.6 Å². The molecule has 1 fully saturated rings. The Labute approximate surface area is 95.2 Å². The molecule has 1 aliphatic heterocycles. The van der Waals surface area contributed by atoms with Crippen molar-refractivity contribution in [2.24, 2.45) is 0 Å². The first-order valence-electron chi connectivity index (χ1n) is 4.64. The van der Waals surface area contributed by atoms with Crippen LogP contribution >= 0.6 is 15.9 Å². The minimum absolute atomic E-state index is 0.0361. The van der Waals surface area contributed by atoms with Gasteiger partial charge in [0.1, 0.15) is 5.82 Å². The number of carbonyl (C=O) groups excluding carboxylic acids is 1. The van der Waals surface area contributed by atoms with E-state index < -0.39 is 5.82 Å². The largest absolute Gasteiger partial charge is 0.397 e. The van der Waals surface area contributed by atoms with Gasteiger partial charge in [0.05, 0.1) is 11.4 Å². The van der Waals surface area contributed by atoms with E-state index in [2.05, 4.69) is 15.9 Å². The average molecular weight is 273 g/mol. The van der Waals surface area contributed by atoms with Gasteiger partial charge in [-0.25, -0.2) is 4.39 Å². The number of hydrogen-bond acceptors (Lipinski definition) is 2. The fraction of sp³-hybridized carbons (Fsp3) is 0.300. The van der Waals surface area contributed by atoms with E-state index in [1.165, 1.54) is 12.1 Å². The number of anilines is 2. The van der Waals surface area contributed by atoms with Gasteiger partial charge in [-0.2, -0.15) is 0 Å². The molecule has 0 saturated carbocycles. The Morgan fingerprint density at radius 1 is 1.47 bits per heavy atom. The monoisotopic (exact) mass is 272 g/mol. The summed E-state index contributed by atoms with van der Waals surface area (Å²) in [6.07, 6.45) is 1.35. The van der Waals surface area contributed by atoms with Gasteiger partial charge in [-0.15, -0.1) is 0 Å². The lowest BCUT2D eigenvalue weighted by Gasteiger charge is -2.19. The van der Waals surface area contributed by atoms with E-state index in [0.717, 1.165) is 6.42 Å². The highest BCUT2D eigenvalue weighted by Gasteiger charge is 2.25. The molecule has 0 atom stereocenters. The topological polar surface area (TPSA) is 46.3 Å². The van der Waals surface area contributed by atoms with Crippen LogP contribution in [0.3, 0.4) is 0 Å². The van der Waals surface area contributed by atoms with Crippen molar-refractivity contribution >= 4 is 33.2 Å². The van der Waals surface area contributed by atoms with Crippen molar-refractivity contribution in [2.75, 3.05) is 17.2 Å². The van der Waals surface area contributed by atoms with Crippen LogP contribution in [0.2, 0.25) is 0 Å². The summed E-state index contributed by atoms with van der Waals surface area (Å²) in [4.78, 5) is 13.1. The van der Waals surface area contributed by atoms with Gasteiger partial charge >= 0.3 is 0 Å². The van der Waals surface area contributed by atoms with E-state index in [1.807, 2.05) is 0 Å². The second-order valence-corrected chi connectivity index (χ2v) is 4.33. The molecule has 3 nitrogen and oxygen atoms in total. The average Bonchev–Trinajstić information content (AvgIpc) is 2.50. The van der Waals surface area contributed by atoms with E-state index in [0.29, 0.717) is 23.1 Å². The maximum atomic E-state index is 13.0. The van der Waals surface area contributed by atoms with Crippen molar-refractivity contribution in [3.05, 3.63) is 22.4 Å². The molecule has 2 N–H and O–H groups in total. The van der Waals surface area contributed by atoms with Crippen LogP contribution in [-0.2, 0) is 4.79 Å². The molecule has 1 saturated heterocycles. The number of halogens is 2. The number of nitrogens with zero attached hydrogens (tertiary/aromatic N) is 1. The van der Waals surface area contributed by atoms with Crippen LogP contribution in [0.15, 0.2) is 16.6 Å². The van der Waals surface area contributed by atoms with Gasteiger partial charge in [-0.3, -0.25) is 4.79 Å². The van der Waals surface area contributed by atoms with Crippen LogP contribution in [0.25, 0.3) is 0 Å². The van der Waals surface area contributed by atoms with Gasteiger partial charge in [-0.05, 0) is 34.5 Å². The van der Waals surface area contributed by atoms with Gasteiger partial charge in [0, 0.05) is 17.4 Å². The first-order chi connectivity index (χ1) is 7.09. The normalized spacial score (nSPS) is 16.1. The zero-order valence-electron chi connectivity index (χ0n) is 7.96. The maximum Gasteiger partial charge on any atom is 0.227 e. The van der Waals surface area contributed by atoms with Crippen molar-refractivity contribution in [2.45, 2.75) is 12.8 Å². The molecule has 1 amide bonds. The van der Waals surface area contributed by atoms with Crippen LogP contribution in [0, 0.1) is 5.82 Å². The fourth-order valence-corrected chi connectivity index (χ4v) is 2.42. The molecule has 0 aliphatic carbocycles. The Morgan fingerprint density at radius 2 is 2.20 bits per heavy atom. The second kappa shape index (κ2) is 3.81. The number of carbonyl (C=O) groups is 1. The lowest BCUT2D eigenvalue weighted by molar-refractivity contribution is -0.117. The summed E-state index contributed by atoms with van der Waals surface area (Å²) in [5.74, 6) is -0.372. The first kappa shape index (κ1) is 10.4. The molecule has 0 unspecified atom stereocenters. The summed E-state index contributed by atoms with van der Waals surface area (Å²) in [5.41, 5.74) is 6.57. The Balaban J connectivity index is 2.47. The standard InChI is InChI=1S/C10H10BrFN2O/c11-7-4-6(12)5-8(13)10(7)14-3-1-2-9(14)15/h4-5H,1-3,13H2. The quantitative estimate of drug-likeness (QED) is 0.798. The third-order valence-corrected chi connectivity index (χ3v) is 3.01. The maximum absolute atomic E-state index is 13.0. The molecule has 0 bridgehead atoms. The summed E-state index contributed by atoms with van der Waals surface area (Å²) < 4.78 is 13.5. The summed E-state index contributed by atoms with van der Waals surface area (Å²) in [5, 5.41) is 0. The SMILES string of the molecule is Nc1cc(F)cc(Br)c1N1CCCC1=O. The number of benzene rings is 1. The molecule has 1 aromatic rings. The van der Waals surface area contributed by atoms with Gasteiger partial charge in [0.25, 0.3) is 0 Å². The Morgan fingerprint density at radius 3 is 2.73 bits per heavy atom. The molecular weight excluding hydrogens is 263 g/mol. The van der Waals surface area contributed by atoms with Gasteiger partial charge in [0.2, 0.25) is 5.91 Å². The highest BCUT2D eigenvalue weighted by Crippen LogP contribution is 2.35. The smallest absolute Gasteiger partial charge is 0.227 e. The second-order valence-electron chi connectivity index (χ2n) is 3.47. The van der Waals surface area contributed by atoms with Crippen molar-refractivity contribution < 1.29 is 9.18 Å². The molecule has 0 radical (unpaired) electrons. The molecule has 80 valence electrons. The summed E-state index contributed by atoms with van der Waals surface area (Å²) in [6.45, 7) is 0.646. The van der Waals surface area contributed by atoms with Gasteiger partial charge < -0.3 is 10.6 Å². The lowest BCUT2D eigenvalue weighted by atomic mass is 10.2. The summed E-state index contributed by atoms with van der Waals surface area (Å²) >= 11 is 3.22. The van der Waals surface area contributed by atoms with Crippen molar-refractivity contribution in [1.82, 2.24) is 0 Å². The first-order valence-corrected chi connectivity index (χ1v) is 5.44. The number of rotatable bonds is 1. The zero-order valence-corrected chi connectivity index (χ0v) is 9.55. The Kier molecular flexibility index (Phi) is 2.65. The van der Waals surface area contributed by atoms with E-state index >= 15 is 0 Å². The molecule has 0 spiro atoms. The third kappa shape index (κ3) is 1.84. The predicted molar refractivity (Wildman–Crippen MR) is 60.1 cm³/mol. The number of amides is 1. The summed E-state index contributed by atoms with van der Waals surface area (Å²) in [7, 11) is 0. The number of nitrogens with two attached hydrogens (primary N) is 1. The molecule has 5 heteroatoms. The van der Waals surface area contributed by atoms with E-state index in [9.17, 15) is 9.18 Å². The predicted octanol–water partition coefficient (Wildman–Crippen LogP) is 2.30. The molecular formula is C10H10BrFN2O. The fourth-order valence-electron chi connectivity index (χ4n) is 1.76. The van der Waals surface area contributed by atoms with Crippen molar-refractivity contribution in [1.29, 1.82) is 0 Å². The molecule has 1 aromatic carbocycles. The zero-order chi connectivity index (χ0) is 11.0. The molecule has 0 aromatic heterocycles. The highest BCUT2D eigenvalue weighted by atomic mass is 79.9. The van der Waals surface area contributed by atoms with E-state index in [4.69, 9.17) is 5.73 Å². The Hall–Kier alpha value is -1.10. The van der Waals surface area contributed by atoms with Crippen LogP contribution in [-0.4, -0.2) is 12.5 Å². The minimum Gasteiger partial charge on any atom is -0.397 e. The van der Waals surface area contributed by atoms with Crippen LogP contribution in [0.5, 0.6) is 0 Å². The molecule has 2 rings (SSSR count). The highest BCUT2D eigenvalue weighted by molar-refractivity contribution is 9.10. The van der Waals surface area contributed by atoms with E-state index in [1.54, 1.807) is 4.90 Å². The van der Waals surface area contributed by atoms with Crippen LogP contribution in [0.1, 0.15) is 12.8 Å². The molecule has 1 aliphatic rings. The molecule has 15 heavy (non-hydrogen) atoms. The van der Waals surface area contributed by atoms with Crippen LogP contribution < -0.4 is 10.6 Å². The molecule has 1 heterocycles.